The van der Waals surface area contributed by atoms with Crippen LogP contribution in [0.1, 0.15) is 130 Å². The Morgan fingerprint density at radius 1 is 0.483 bits per heavy atom. The molecular formula is C43H84N8O9. The molecule has 0 rings (SSSR count). The molecule has 0 unspecified atom stereocenters. The van der Waals surface area contributed by atoms with Crippen LogP contribution in [0.3, 0.4) is 0 Å². The molecule has 0 aromatic rings. The lowest BCUT2D eigenvalue weighted by molar-refractivity contribution is -0.127. The number of carbonyl (C=O) groups is 5. The van der Waals surface area contributed by atoms with E-state index in [1.807, 2.05) is 0 Å². The van der Waals surface area contributed by atoms with Crippen molar-refractivity contribution in [2.24, 2.45) is 11.5 Å². The zero-order valence-electron chi connectivity index (χ0n) is 37.5. The summed E-state index contributed by atoms with van der Waals surface area (Å²) in [5, 5.41) is 17.4. The lowest BCUT2D eigenvalue weighted by Crippen LogP contribution is -2.42. The Morgan fingerprint density at radius 3 is 1.48 bits per heavy atom. The standard InChI is InChI=1S/C43H84N8O9/c1-5-7-9-10-11-12-17-35(3)51-36(4)20-21-39(52)47-25-27-57-29-32-60-34-41(54)48-26-28-58-30-31-59-33-40(53)46-23-15-13-18-38(45)43(56)50-24-16-14-19-37(44)42(55)49-22-8-6-2/h36-38,51H,3,5-34,44-45H2,1-2,4H3,(H,46,53)(H,47,52)(H,48,54)(H,49,55)(H,50,56)/t36-,37+,38+/m1/s1. The summed E-state index contributed by atoms with van der Waals surface area (Å²) in [4.78, 5) is 60.2. The van der Waals surface area contributed by atoms with Crippen molar-refractivity contribution in [3.63, 3.8) is 0 Å². The average molecular weight is 857 g/mol. The molecule has 0 aliphatic rings. The molecule has 0 bridgehead atoms. The number of hydrogen-bond acceptors (Lipinski definition) is 12. The molecule has 0 aromatic heterocycles. The molecule has 350 valence electrons. The van der Waals surface area contributed by atoms with E-state index < -0.39 is 12.1 Å². The zero-order valence-corrected chi connectivity index (χ0v) is 37.5. The maximum atomic E-state index is 12.2. The first-order valence-corrected chi connectivity index (χ1v) is 22.6. The fraction of sp³-hybridized carbons (Fsp3) is 0.837. The maximum Gasteiger partial charge on any atom is 0.246 e. The van der Waals surface area contributed by atoms with Gasteiger partial charge in [0, 0.05) is 50.9 Å². The van der Waals surface area contributed by atoms with Gasteiger partial charge in [0.2, 0.25) is 29.5 Å². The van der Waals surface area contributed by atoms with Gasteiger partial charge in [-0.1, -0.05) is 59.0 Å². The normalized spacial score (nSPS) is 12.6. The van der Waals surface area contributed by atoms with Crippen molar-refractivity contribution in [1.29, 1.82) is 0 Å². The quantitative estimate of drug-likeness (QED) is 0.0413. The van der Waals surface area contributed by atoms with Crippen LogP contribution in [0.25, 0.3) is 0 Å². The molecule has 0 fully saturated rings. The number of carbonyl (C=O) groups excluding carboxylic acids is 5. The predicted molar refractivity (Wildman–Crippen MR) is 236 cm³/mol. The summed E-state index contributed by atoms with van der Waals surface area (Å²) in [6, 6.07) is -0.971. The monoisotopic (exact) mass is 857 g/mol. The van der Waals surface area contributed by atoms with Crippen LogP contribution < -0.4 is 43.4 Å². The third kappa shape index (κ3) is 37.6. The highest BCUT2D eigenvalue weighted by molar-refractivity contribution is 5.82. The number of rotatable bonds is 43. The Morgan fingerprint density at radius 2 is 0.933 bits per heavy atom. The smallest absolute Gasteiger partial charge is 0.246 e. The highest BCUT2D eigenvalue weighted by Crippen LogP contribution is 2.11. The van der Waals surface area contributed by atoms with Gasteiger partial charge in [-0.2, -0.15) is 0 Å². The molecule has 0 saturated heterocycles. The Balaban J connectivity index is 3.58. The number of amides is 5. The molecule has 0 aliphatic carbocycles. The minimum Gasteiger partial charge on any atom is -0.386 e. The fourth-order valence-corrected chi connectivity index (χ4v) is 5.78. The van der Waals surface area contributed by atoms with Gasteiger partial charge in [0.25, 0.3) is 0 Å². The van der Waals surface area contributed by atoms with Crippen LogP contribution in [-0.2, 0) is 42.9 Å². The summed E-state index contributed by atoms with van der Waals surface area (Å²) in [5.74, 6) is -0.881. The Labute approximate surface area is 361 Å². The molecule has 0 aromatic carbocycles. The molecule has 60 heavy (non-hydrogen) atoms. The van der Waals surface area contributed by atoms with Gasteiger partial charge in [-0.15, -0.1) is 0 Å². The van der Waals surface area contributed by atoms with Crippen LogP contribution >= 0.6 is 0 Å². The summed E-state index contributed by atoms with van der Waals surface area (Å²) in [6.07, 6.45) is 15.5. The SMILES string of the molecule is C=C(CCCCCCCC)N[C@H](C)CCC(=O)NCCOCCOCC(=O)NCCOCCOCC(=O)NCCCC[C@H](N)C(=O)NCCCC[C@H](N)C(=O)NCCCC. The van der Waals surface area contributed by atoms with Crippen LogP contribution in [0.5, 0.6) is 0 Å². The van der Waals surface area contributed by atoms with E-state index in [2.05, 4.69) is 59.3 Å². The van der Waals surface area contributed by atoms with Crippen LogP contribution in [0.4, 0.5) is 0 Å². The summed E-state index contributed by atoms with van der Waals surface area (Å²) >= 11 is 0. The third-order valence-corrected chi connectivity index (χ3v) is 9.44. The van der Waals surface area contributed by atoms with Crippen LogP contribution in [0, 0.1) is 0 Å². The molecular weight excluding hydrogens is 773 g/mol. The van der Waals surface area contributed by atoms with Crippen molar-refractivity contribution < 1.29 is 42.9 Å². The number of nitrogens with two attached hydrogens (primary N) is 2. The Bertz CT molecular complexity index is 1130. The maximum absolute atomic E-state index is 12.2. The lowest BCUT2D eigenvalue weighted by atomic mass is 10.1. The molecule has 5 amide bonds. The molecule has 3 atom stereocenters. The van der Waals surface area contributed by atoms with Gasteiger partial charge < -0.3 is 62.3 Å². The van der Waals surface area contributed by atoms with Crippen molar-refractivity contribution in [3.05, 3.63) is 12.3 Å². The lowest BCUT2D eigenvalue weighted by Gasteiger charge is -2.17. The molecule has 0 spiro atoms. The zero-order chi connectivity index (χ0) is 44.5. The van der Waals surface area contributed by atoms with Crippen LogP contribution in [0.2, 0.25) is 0 Å². The van der Waals surface area contributed by atoms with Crippen molar-refractivity contribution >= 4 is 29.5 Å². The van der Waals surface area contributed by atoms with Crippen molar-refractivity contribution in [2.45, 2.75) is 148 Å². The fourth-order valence-electron chi connectivity index (χ4n) is 5.78. The molecule has 10 N–H and O–H groups in total. The van der Waals surface area contributed by atoms with E-state index in [-0.39, 0.29) is 75.2 Å². The van der Waals surface area contributed by atoms with E-state index in [1.54, 1.807) is 0 Å². The largest absolute Gasteiger partial charge is 0.386 e. The summed E-state index contributed by atoms with van der Waals surface area (Å²) in [6.45, 7) is 14.3. The van der Waals surface area contributed by atoms with Gasteiger partial charge in [-0.05, 0) is 71.1 Å². The summed E-state index contributed by atoms with van der Waals surface area (Å²) in [5.41, 5.74) is 13.0. The minimum atomic E-state index is -0.625. The predicted octanol–water partition coefficient (Wildman–Crippen LogP) is 2.45. The summed E-state index contributed by atoms with van der Waals surface area (Å²) in [7, 11) is 0. The summed E-state index contributed by atoms with van der Waals surface area (Å²) < 4.78 is 21.6. The van der Waals surface area contributed by atoms with E-state index in [1.165, 1.54) is 32.1 Å². The van der Waals surface area contributed by atoms with Crippen molar-refractivity contribution in [2.75, 3.05) is 85.6 Å². The second kappa shape index (κ2) is 41.0. The highest BCUT2D eigenvalue weighted by atomic mass is 16.5. The van der Waals surface area contributed by atoms with Crippen LogP contribution in [-0.4, -0.2) is 133 Å². The van der Waals surface area contributed by atoms with E-state index >= 15 is 0 Å². The van der Waals surface area contributed by atoms with Gasteiger partial charge in [0.15, 0.2) is 0 Å². The van der Waals surface area contributed by atoms with Gasteiger partial charge in [-0.25, -0.2) is 0 Å². The molecule has 17 heteroatoms. The number of unbranched alkanes of at least 4 members (excludes halogenated alkanes) is 8. The van der Waals surface area contributed by atoms with Gasteiger partial charge in [0.1, 0.15) is 13.2 Å². The molecule has 0 heterocycles. The number of ether oxygens (including phenoxy) is 4. The average Bonchev–Trinajstić information content (AvgIpc) is 3.22. The highest BCUT2D eigenvalue weighted by Gasteiger charge is 2.14. The third-order valence-electron chi connectivity index (χ3n) is 9.44. The molecule has 0 aliphatic heterocycles. The molecule has 0 saturated carbocycles. The first-order chi connectivity index (χ1) is 29.0. The first-order valence-electron chi connectivity index (χ1n) is 22.6. The van der Waals surface area contributed by atoms with E-state index in [0.29, 0.717) is 84.5 Å². The second-order valence-electron chi connectivity index (χ2n) is 15.2. The van der Waals surface area contributed by atoms with Gasteiger partial charge in [0.05, 0.1) is 51.7 Å². The minimum absolute atomic E-state index is 0.0136. The van der Waals surface area contributed by atoms with Crippen molar-refractivity contribution in [3.8, 4) is 0 Å². The van der Waals surface area contributed by atoms with Crippen molar-refractivity contribution in [1.82, 2.24) is 31.9 Å². The van der Waals surface area contributed by atoms with Gasteiger partial charge >= 0.3 is 0 Å². The number of allylic oxidation sites excluding steroid dienone is 1. The van der Waals surface area contributed by atoms with Gasteiger partial charge in [-0.3, -0.25) is 24.0 Å². The molecule has 17 nitrogen and oxygen atoms in total. The Kier molecular flexibility index (Phi) is 38.7. The number of hydrogen-bond donors (Lipinski definition) is 8. The van der Waals surface area contributed by atoms with E-state index in [0.717, 1.165) is 44.2 Å². The molecule has 0 radical (unpaired) electrons. The Hall–Kier alpha value is -3.35. The van der Waals surface area contributed by atoms with Crippen LogP contribution in [0.15, 0.2) is 12.3 Å². The first kappa shape index (κ1) is 56.6. The topological polar surface area (TPSA) is 246 Å². The second-order valence-corrected chi connectivity index (χ2v) is 15.2. The number of nitrogens with one attached hydrogen (secondary N) is 6. The van der Waals surface area contributed by atoms with E-state index in [9.17, 15) is 24.0 Å². The van der Waals surface area contributed by atoms with E-state index in [4.69, 9.17) is 30.4 Å².